The van der Waals surface area contributed by atoms with Crippen molar-refractivity contribution in [3.63, 3.8) is 0 Å². The summed E-state index contributed by atoms with van der Waals surface area (Å²) < 4.78 is 2.14. The lowest BCUT2D eigenvalue weighted by molar-refractivity contribution is 0.0928. The number of hydrogen-bond donors (Lipinski definition) is 1. The predicted octanol–water partition coefficient (Wildman–Crippen LogP) is 2.62. The van der Waals surface area contributed by atoms with Crippen LogP contribution in [0.15, 0.2) is 36.7 Å². The minimum Gasteiger partial charge on any atom is -0.371 e. The van der Waals surface area contributed by atoms with Crippen LogP contribution in [0.2, 0.25) is 0 Å². The molecule has 2 aliphatic rings. The lowest BCUT2D eigenvalue weighted by atomic mass is 10.0. The van der Waals surface area contributed by atoms with Gasteiger partial charge in [-0.3, -0.25) is 4.79 Å². The standard InChI is InChI=1S/C19H24N4O/c24-19(21-15-8-9-18-20-10-13-23(18)14-15)16-6-2-3-7-17(16)22-11-4-1-5-12-22/h2-3,6-7,10,13,15H,1,4-5,8-9,11-12,14H2,(H,21,24)/t15-/m1/s1. The Bertz CT molecular complexity index is 718. The molecule has 0 unspecified atom stereocenters. The summed E-state index contributed by atoms with van der Waals surface area (Å²) in [5.41, 5.74) is 1.88. The molecule has 1 fully saturated rings. The Morgan fingerprint density at radius 2 is 2.00 bits per heavy atom. The third kappa shape index (κ3) is 3.03. The van der Waals surface area contributed by atoms with Crippen LogP contribution in [0.3, 0.4) is 0 Å². The first-order chi connectivity index (χ1) is 11.8. The summed E-state index contributed by atoms with van der Waals surface area (Å²) in [5, 5.41) is 3.23. The number of rotatable bonds is 3. The molecule has 1 atom stereocenters. The Hall–Kier alpha value is -2.30. The first-order valence-corrected chi connectivity index (χ1v) is 8.96. The highest BCUT2D eigenvalue weighted by Crippen LogP contribution is 2.24. The van der Waals surface area contributed by atoms with Gasteiger partial charge in [0, 0.05) is 50.2 Å². The maximum atomic E-state index is 12.9. The van der Waals surface area contributed by atoms with Crippen molar-refractivity contribution in [1.29, 1.82) is 0 Å². The number of hydrogen-bond acceptors (Lipinski definition) is 3. The molecule has 1 amide bonds. The van der Waals surface area contributed by atoms with Gasteiger partial charge >= 0.3 is 0 Å². The first-order valence-electron chi connectivity index (χ1n) is 8.96. The van der Waals surface area contributed by atoms with Crippen molar-refractivity contribution in [2.75, 3.05) is 18.0 Å². The molecule has 24 heavy (non-hydrogen) atoms. The molecule has 4 rings (SSSR count). The van der Waals surface area contributed by atoms with Crippen LogP contribution in [0.1, 0.15) is 41.9 Å². The van der Waals surface area contributed by atoms with Gasteiger partial charge in [0.1, 0.15) is 5.82 Å². The second kappa shape index (κ2) is 6.67. The molecule has 0 aliphatic carbocycles. The number of aryl methyl sites for hydroxylation is 1. The third-order valence-electron chi connectivity index (χ3n) is 5.12. The topological polar surface area (TPSA) is 50.2 Å². The van der Waals surface area contributed by atoms with E-state index in [2.05, 4.69) is 25.8 Å². The molecule has 1 aromatic heterocycles. The molecule has 2 aromatic rings. The van der Waals surface area contributed by atoms with Crippen molar-refractivity contribution in [3.8, 4) is 0 Å². The maximum Gasteiger partial charge on any atom is 0.253 e. The molecule has 0 radical (unpaired) electrons. The number of aromatic nitrogens is 2. The monoisotopic (exact) mass is 324 g/mol. The van der Waals surface area contributed by atoms with Gasteiger partial charge in [0.05, 0.1) is 5.56 Å². The zero-order chi connectivity index (χ0) is 16.4. The van der Waals surface area contributed by atoms with Crippen LogP contribution in [0.25, 0.3) is 0 Å². The van der Waals surface area contributed by atoms with Crippen LogP contribution in [-0.2, 0) is 13.0 Å². The number of amides is 1. The number of anilines is 1. The van der Waals surface area contributed by atoms with Gasteiger partial charge in [0.15, 0.2) is 0 Å². The Morgan fingerprint density at radius 1 is 1.17 bits per heavy atom. The number of carbonyl (C=O) groups is 1. The number of imidazole rings is 1. The van der Waals surface area contributed by atoms with E-state index in [0.717, 1.165) is 49.6 Å². The van der Waals surface area contributed by atoms with Gasteiger partial charge in [-0.15, -0.1) is 0 Å². The number of benzene rings is 1. The van der Waals surface area contributed by atoms with Crippen LogP contribution < -0.4 is 10.2 Å². The largest absolute Gasteiger partial charge is 0.371 e. The molecule has 5 nitrogen and oxygen atoms in total. The van der Waals surface area contributed by atoms with Crippen molar-refractivity contribution in [1.82, 2.24) is 14.9 Å². The molecule has 5 heteroatoms. The third-order valence-corrected chi connectivity index (χ3v) is 5.12. The number of fused-ring (bicyclic) bond motifs is 1. The number of carbonyl (C=O) groups excluding carboxylic acids is 1. The van der Waals surface area contributed by atoms with Crippen LogP contribution in [0, 0.1) is 0 Å². The predicted molar refractivity (Wildman–Crippen MR) is 94.3 cm³/mol. The highest BCUT2D eigenvalue weighted by molar-refractivity contribution is 6.00. The van der Waals surface area contributed by atoms with Gasteiger partial charge in [-0.2, -0.15) is 0 Å². The molecule has 0 bridgehead atoms. The number of nitrogens with one attached hydrogen (secondary N) is 1. The Labute approximate surface area is 142 Å². The summed E-state index contributed by atoms with van der Waals surface area (Å²) >= 11 is 0. The van der Waals surface area contributed by atoms with Gasteiger partial charge in [-0.05, 0) is 37.8 Å². The molecular formula is C19H24N4O. The minimum atomic E-state index is 0.0461. The molecule has 2 aliphatic heterocycles. The summed E-state index contributed by atoms with van der Waals surface area (Å²) in [6.07, 6.45) is 9.42. The van der Waals surface area contributed by atoms with Crippen molar-refractivity contribution >= 4 is 11.6 Å². The highest BCUT2D eigenvalue weighted by atomic mass is 16.1. The maximum absolute atomic E-state index is 12.9. The SMILES string of the molecule is O=C(N[C@@H]1CCc2nccn2C1)c1ccccc1N1CCCCC1. The normalized spacial score (nSPS) is 20.5. The summed E-state index contributed by atoms with van der Waals surface area (Å²) in [6.45, 7) is 2.91. The van der Waals surface area contributed by atoms with E-state index in [9.17, 15) is 4.79 Å². The number of nitrogens with zero attached hydrogens (tertiary/aromatic N) is 3. The van der Waals surface area contributed by atoms with Crippen molar-refractivity contribution in [2.24, 2.45) is 0 Å². The quantitative estimate of drug-likeness (QED) is 0.944. The van der Waals surface area contributed by atoms with E-state index in [1.807, 2.05) is 30.6 Å². The van der Waals surface area contributed by atoms with Crippen LogP contribution in [0.5, 0.6) is 0 Å². The van der Waals surface area contributed by atoms with E-state index in [1.54, 1.807) is 0 Å². The molecule has 1 saturated heterocycles. The van der Waals surface area contributed by atoms with E-state index in [-0.39, 0.29) is 11.9 Å². The van der Waals surface area contributed by atoms with E-state index in [1.165, 1.54) is 19.3 Å². The fraction of sp³-hybridized carbons (Fsp3) is 0.474. The lowest BCUT2D eigenvalue weighted by Crippen LogP contribution is -2.41. The van der Waals surface area contributed by atoms with Gasteiger partial charge in [-0.1, -0.05) is 12.1 Å². The molecular weight excluding hydrogens is 300 g/mol. The fourth-order valence-electron chi connectivity index (χ4n) is 3.82. The van der Waals surface area contributed by atoms with Crippen molar-refractivity contribution < 1.29 is 4.79 Å². The summed E-state index contributed by atoms with van der Waals surface area (Å²) in [6, 6.07) is 8.18. The first kappa shape index (κ1) is 15.2. The van der Waals surface area contributed by atoms with Crippen LogP contribution in [-0.4, -0.2) is 34.6 Å². The van der Waals surface area contributed by atoms with E-state index >= 15 is 0 Å². The Morgan fingerprint density at radius 3 is 2.88 bits per heavy atom. The second-order valence-corrected chi connectivity index (χ2v) is 6.77. The zero-order valence-corrected chi connectivity index (χ0v) is 13.9. The van der Waals surface area contributed by atoms with Crippen LogP contribution in [0.4, 0.5) is 5.69 Å². The van der Waals surface area contributed by atoms with Gasteiger partial charge < -0.3 is 14.8 Å². The number of para-hydroxylation sites is 1. The van der Waals surface area contributed by atoms with E-state index in [0.29, 0.717) is 0 Å². The van der Waals surface area contributed by atoms with Crippen LogP contribution >= 0.6 is 0 Å². The molecule has 3 heterocycles. The summed E-state index contributed by atoms with van der Waals surface area (Å²) in [4.78, 5) is 19.6. The lowest BCUT2D eigenvalue weighted by Gasteiger charge is -2.31. The fourth-order valence-corrected chi connectivity index (χ4v) is 3.82. The average Bonchev–Trinajstić information content (AvgIpc) is 3.10. The van der Waals surface area contributed by atoms with E-state index < -0.39 is 0 Å². The summed E-state index contributed by atoms with van der Waals surface area (Å²) in [7, 11) is 0. The molecule has 0 saturated carbocycles. The molecule has 1 aromatic carbocycles. The molecule has 126 valence electrons. The minimum absolute atomic E-state index is 0.0461. The van der Waals surface area contributed by atoms with Gasteiger partial charge in [0.2, 0.25) is 0 Å². The van der Waals surface area contributed by atoms with Gasteiger partial charge in [-0.25, -0.2) is 4.98 Å². The van der Waals surface area contributed by atoms with Crippen molar-refractivity contribution in [3.05, 3.63) is 48.0 Å². The zero-order valence-electron chi connectivity index (χ0n) is 13.9. The smallest absolute Gasteiger partial charge is 0.253 e. The van der Waals surface area contributed by atoms with E-state index in [4.69, 9.17) is 0 Å². The Kier molecular flexibility index (Phi) is 4.24. The summed E-state index contributed by atoms with van der Waals surface area (Å²) in [5.74, 6) is 1.17. The molecule has 0 spiro atoms. The highest BCUT2D eigenvalue weighted by Gasteiger charge is 2.23. The number of piperidine rings is 1. The second-order valence-electron chi connectivity index (χ2n) is 6.77. The van der Waals surface area contributed by atoms with Gasteiger partial charge in [0.25, 0.3) is 5.91 Å². The Balaban J connectivity index is 1.49. The van der Waals surface area contributed by atoms with Crippen molar-refractivity contribution in [2.45, 2.75) is 44.7 Å². The molecule has 1 N–H and O–H groups in total. The average molecular weight is 324 g/mol.